The van der Waals surface area contributed by atoms with Crippen LogP contribution in [0.15, 0.2) is 0 Å². The topological polar surface area (TPSA) is 9.23 Å². The van der Waals surface area contributed by atoms with Crippen LogP contribution in [-0.4, -0.2) is 24.4 Å². The van der Waals surface area contributed by atoms with E-state index in [-0.39, 0.29) is 6.00 Å². The normalized spacial score (nSPS) is 43.6. The van der Waals surface area contributed by atoms with E-state index in [9.17, 15) is 0 Å². The molecule has 0 N–H and O–H groups in total. The Labute approximate surface area is 71.1 Å². The second-order valence-electron chi connectivity index (χ2n) is 2.58. The van der Waals surface area contributed by atoms with Gasteiger partial charge in [-0.1, -0.05) is 29.5 Å². The predicted molar refractivity (Wildman–Crippen MR) is 47.1 cm³/mol. The molecule has 1 nitrogen and oxygen atoms in total. The van der Waals surface area contributed by atoms with Crippen LogP contribution in [0.2, 0.25) is 0 Å². The first kappa shape index (κ1) is 7.86. The second kappa shape index (κ2) is 3.24. The van der Waals surface area contributed by atoms with Crippen molar-refractivity contribution in [3.05, 3.63) is 0 Å². The SMILES string of the molecule is [B][C@H]1C[C@@H](C)[C@H](CI)O1. The van der Waals surface area contributed by atoms with Crippen molar-refractivity contribution in [1.29, 1.82) is 0 Å². The summed E-state index contributed by atoms with van der Waals surface area (Å²) < 4.78 is 6.46. The number of ether oxygens (including phenoxy) is 1. The van der Waals surface area contributed by atoms with E-state index in [1.807, 2.05) is 0 Å². The summed E-state index contributed by atoms with van der Waals surface area (Å²) in [7, 11) is 5.57. The van der Waals surface area contributed by atoms with E-state index in [0.29, 0.717) is 12.0 Å². The third kappa shape index (κ3) is 1.83. The number of hydrogen-bond acceptors (Lipinski definition) is 1. The zero-order valence-electron chi connectivity index (χ0n) is 5.51. The van der Waals surface area contributed by atoms with Crippen LogP contribution in [-0.2, 0) is 4.74 Å². The van der Waals surface area contributed by atoms with E-state index < -0.39 is 0 Å². The molecular formula is C6H10BIO. The highest BCUT2D eigenvalue weighted by Gasteiger charge is 2.27. The Hall–Kier alpha value is 0.755. The van der Waals surface area contributed by atoms with Crippen molar-refractivity contribution in [2.75, 3.05) is 4.43 Å². The summed E-state index contributed by atoms with van der Waals surface area (Å²) in [6, 6.07) is -0.000217. The fraction of sp³-hybridized carbons (Fsp3) is 1.00. The van der Waals surface area contributed by atoms with E-state index >= 15 is 0 Å². The summed E-state index contributed by atoms with van der Waals surface area (Å²) in [5.74, 6) is 0.650. The number of rotatable bonds is 1. The monoisotopic (exact) mass is 236 g/mol. The van der Waals surface area contributed by atoms with Gasteiger partial charge >= 0.3 is 0 Å². The van der Waals surface area contributed by atoms with Crippen molar-refractivity contribution in [3.8, 4) is 0 Å². The fourth-order valence-corrected chi connectivity index (χ4v) is 2.20. The Kier molecular flexibility index (Phi) is 2.83. The molecule has 0 aromatic carbocycles. The van der Waals surface area contributed by atoms with Gasteiger partial charge in [-0.05, 0) is 12.3 Å². The summed E-state index contributed by atoms with van der Waals surface area (Å²) in [4.78, 5) is 0. The molecule has 3 heteroatoms. The lowest BCUT2D eigenvalue weighted by molar-refractivity contribution is 0.0937. The summed E-state index contributed by atoms with van der Waals surface area (Å²) in [6.45, 7) is 2.19. The van der Waals surface area contributed by atoms with E-state index in [1.165, 1.54) is 0 Å². The summed E-state index contributed by atoms with van der Waals surface area (Å²) in [5.41, 5.74) is 0. The van der Waals surface area contributed by atoms with Gasteiger partial charge in [-0.2, -0.15) is 0 Å². The molecule has 0 saturated carbocycles. The van der Waals surface area contributed by atoms with Crippen LogP contribution in [0.1, 0.15) is 13.3 Å². The lowest BCUT2D eigenvalue weighted by Gasteiger charge is -2.09. The van der Waals surface area contributed by atoms with Crippen LogP contribution >= 0.6 is 22.6 Å². The van der Waals surface area contributed by atoms with Gasteiger partial charge in [-0.25, -0.2) is 0 Å². The Balaban J connectivity index is 2.38. The van der Waals surface area contributed by atoms with Gasteiger partial charge in [0, 0.05) is 10.4 Å². The van der Waals surface area contributed by atoms with Crippen molar-refractivity contribution >= 4 is 30.4 Å². The highest BCUT2D eigenvalue weighted by atomic mass is 127. The number of halogens is 1. The fourth-order valence-electron chi connectivity index (χ4n) is 1.12. The molecule has 0 aromatic rings. The number of alkyl halides is 1. The van der Waals surface area contributed by atoms with Crippen LogP contribution in [0.3, 0.4) is 0 Å². The van der Waals surface area contributed by atoms with Gasteiger partial charge in [0.2, 0.25) is 0 Å². The van der Waals surface area contributed by atoms with Crippen molar-refractivity contribution in [2.45, 2.75) is 25.5 Å². The maximum Gasteiger partial charge on any atom is 0.109 e. The standard InChI is InChI=1S/C6H10BIO/c1-4-2-6(7)9-5(4)3-8/h4-6H,2-3H2,1H3/t4-,5+,6-/m1/s1. The Morgan fingerprint density at radius 1 is 1.78 bits per heavy atom. The molecule has 3 atom stereocenters. The molecule has 0 bridgehead atoms. The van der Waals surface area contributed by atoms with E-state index in [4.69, 9.17) is 12.6 Å². The highest BCUT2D eigenvalue weighted by Crippen LogP contribution is 2.25. The third-order valence-electron chi connectivity index (χ3n) is 1.74. The van der Waals surface area contributed by atoms with Crippen LogP contribution in [0.25, 0.3) is 0 Å². The molecule has 1 saturated heterocycles. The molecule has 0 unspecified atom stereocenters. The highest BCUT2D eigenvalue weighted by molar-refractivity contribution is 14.1. The van der Waals surface area contributed by atoms with Gasteiger partial charge in [0.15, 0.2) is 0 Å². The molecule has 1 aliphatic heterocycles. The van der Waals surface area contributed by atoms with Gasteiger partial charge in [-0.3, -0.25) is 0 Å². The van der Waals surface area contributed by atoms with Crippen LogP contribution in [0.5, 0.6) is 0 Å². The van der Waals surface area contributed by atoms with Gasteiger partial charge in [-0.15, -0.1) is 0 Å². The Morgan fingerprint density at radius 3 is 2.67 bits per heavy atom. The minimum atomic E-state index is -0.000217. The summed E-state index contributed by atoms with van der Waals surface area (Å²) in [6.07, 6.45) is 1.42. The van der Waals surface area contributed by atoms with Crippen LogP contribution in [0, 0.1) is 5.92 Å². The van der Waals surface area contributed by atoms with E-state index in [0.717, 1.165) is 10.8 Å². The zero-order chi connectivity index (χ0) is 6.85. The largest absolute Gasteiger partial charge is 0.384 e. The Bertz CT molecular complexity index is 99.1. The molecule has 0 amide bonds. The van der Waals surface area contributed by atoms with Crippen molar-refractivity contribution in [2.24, 2.45) is 5.92 Å². The smallest absolute Gasteiger partial charge is 0.109 e. The Morgan fingerprint density at radius 2 is 2.44 bits per heavy atom. The first-order valence-electron chi connectivity index (χ1n) is 3.21. The average Bonchev–Trinajstić information content (AvgIpc) is 2.10. The molecule has 1 rings (SSSR count). The molecule has 2 radical (unpaired) electrons. The molecule has 0 spiro atoms. The molecule has 1 aliphatic rings. The molecule has 9 heavy (non-hydrogen) atoms. The minimum Gasteiger partial charge on any atom is -0.384 e. The third-order valence-corrected chi connectivity index (χ3v) is 2.61. The minimum absolute atomic E-state index is 0.000217. The first-order valence-corrected chi connectivity index (χ1v) is 4.73. The van der Waals surface area contributed by atoms with Crippen LogP contribution in [0.4, 0.5) is 0 Å². The maximum absolute atomic E-state index is 5.57. The molecule has 1 heterocycles. The maximum atomic E-state index is 5.57. The van der Waals surface area contributed by atoms with Crippen molar-refractivity contribution in [1.82, 2.24) is 0 Å². The van der Waals surface area contributed by atoms with Gasteiger partial charge in [0.1, 0.15) is 7.85 Å². The van der Waals surface area contributed by atoms with Gasteiger partial charge < -0.3 is 4.74 Å². The average molecular weight is 236 g/mol. The van der Waals surface area contributed by atoms with Gasteiger partial charge in [0.25, 0.3) is 0 Å². The zero-order valence-corrected chi connectivity index (χ0v) is 7.67. The molecule has 0 aromatic heterocycles. The van der Waals surface area contributed by atoms with E-state index in [2.05, 4.69) is 29.5 Å². The van der Waals surface area contributed by atoms with E-state index in [1.54, 1.807) is 0 Å². The predicted octanol–water partition coefficient (Wildman–Crippen LogP) is 1.34. The molecule has 1 fully saturated rings. The summed E-state index contributed by atoms with van der Waals surface area (Å²) in [5, 5.41) is 0. The van der Waals surface area contributed by atoms with Crippen molar-refractivity contribution in [3.63, 3.8) is 0 Å². The van der Waals surface area contributed by atoms with Gasteiger partial charge in [0.05, 0.1) is 6.10 Å². The molecule has 0 aliphatic carbocycles. The molecular weight excluding hydrogens is 226 g/mol. The number of hydrogen-bond donors (Lipinski definition) is 0. The lowest BCUT2D eigenvalue weighted by Crippen LogP contribution is -2.15. The first-order chi connectivity index (χ1) is 4.24. The quantitative estimate of drug-likeness (QED) is 0.379. The lowest BCUT2D eigenvalue weighted by atomic mass is 9.92. The second-order valence-corrected chi connectivity index (χ2v) is 3.46. The summed E-state index contributed by atoms with van der Waals surface area (Å²) >= 11 is 2.33. The van der Waals surface area contributed by atoms with Crippen LogP contribution < -0.4 is 0 Å². The molecule has 50 valence electrons. The van der Waals surface area contributed by atoms with Crippen molar-refractivity contribution < 1.29 is 4.74 Å².